The first-order valence-electron chi connectivity index (χ1n) is 8.49. The molecule has 3 rings (SSSR count). The van der Waals surface area contributed by atoms with Gasteiger partial charge in [0.2, 0.25) is 5.91 Å². The number of ketones is 1. The number of hydrogen-bond acceptors (Lipinski definition) is 4. The molecule has 0 radical (unpaired) electrons. The smallest absolute Gasteiger partial charge is 0.240 e. The van der Waals surface area contributed by atoms with Gasteiger partial charge >= 0.3 is 0 Å². The quantitative estimate of drug-likeness (QED) is 0.818. The minimum absolute atomic E-state index is 0.0247. The van der Waals surface area contributed by atoms with E-state index in [1.54, 1.807) is 41.3 Å². The lowest BCUT2D eigenvalue weighted by Gasteiger charge is -2.26. The molecule has 1 heterocycles. The molecule has 0 bridgehead atoms. The van der Waals surface area contributed by atoms with Gasteiger partial charge in [-0.1, -0.05) is 42.5 Å². The van der Waals surface area contributed by atoms with Crippen molar-refractivity contribution in [1.82, 2.24) is 4.90 Å². The monoisotopic (exact) mass is 338 g/mol. The Hall–Kier alpha value is -2.66. The second-order valence-corrected chi connectivity index (χ2v) is 6.40. The standard InChI is InChI=1S/C20H22N2O3/c21-17(13-14-8-10-16(23)11-9-14)20(25)22-12-4-7-18(22)19(24)15-5-2-1-3-6-15/h1-3,5-6,8-11,17-18,23H,4,7,12-13,21H2/t17-,18-/m0/s1. The van der Waals surface area contributed by atoms with Gasteiger partial charge in [0.25, 0.3) is 0 Å². The van der Waals surface area contributed by atoms with Gasteiger partial charge in [-0.05, 0) is 37.0 Å². The number of phenols is 1. The predicted molar refractivity (Wildman–Crippen MR) is 95.3 cm³/mol. The van der Waals surface area contributed by atoms with E-state index < -0.39 is 12.1 Å². The Bertz CT molecular complexity index is 743. The Morgan fingerprint density at radius 2 is 1.80 bits per heavy atom. The fourth-order valence-electron chi connectivity index (χ4n) is 3.28. The second kappa shape index (κ2) is 7.49. The molecule has 1 saturated heterocycles. The zero-order valence-corrected chi connectivity index (χ0v) is 14.0. The second-order valence-electron chi connectivity index (χ2n) is 6.40. The summed E-state index contributed by atoms with van der Waals surface area (Å²) in [4.78, 5) is 27.1. The van der Waals surface area contributed by atoms with Gasteiger partial charge < -0.3 is 15.7 Å². The highest BCUT2D eigenvalue weighted by atomic mass is 16.3. The van der Waals surface area contributed by atoms with Crippen molar-refractivity contribution in [2.24, 2.45) is 5.73 Å². The molecule has 1 aliphatic heterocycles. The van der Waals surface area contributed by atoms with Crippen LogP contribution in [0.25, 0.3) is 0 Å². The number of aromatic hydroxyl groups is 1. The Balaban J connectivity index is 1.69. The summed E-state index contributed by atoms with van der Waals surface area (Å²) in [6.45, 7) is 0.561. The third-order valence-electron chi connectivity index (χ3n) is 4.61. The van der Waals surface area contributed by atoms with Crippen LogP contribution in [-0.2, 0) is 11.2 Å². The van der Waals surface area contributed by atoms with Crippen molar-refractivity contribution in [1.29, 1.82) is 0 Å². The lowest BCUT2D eigenvalue weighted by atomic mass is 10.0. The molecule has 0 aliphatic carbocycles. The van der Waals surface area contributed by atoms with E-state index in [2.05, 4.69) is 0 Å². The number of rotatable bonds is 5. The van der Waals surface area contributed by atoms with Gasteiger partial charge in [0.05, 0.1) is 12.1 Å². The molecule has 1 aliphatic rings. The highest BCUT2D eigenvalue weighted by molar-refractivity contribution is 6.02. The molecule has 1 amide bonds. The van der Waals surface area contributed by atoms with Crippen LogP contribution >= 0.6 is 0 Å². The summed E-state index contributed by atoms with van der Waals surface area (Å²) in [5.41, 5.74) is 7.61. The van der Waals surface area contributed by atoms with E-state index >= 15 is 0 Å². The van der Waals surface area contributed by atoms with Crippen LogP contribution in [0.2, 0.25) is 0 Å². The van der Waals surface area contributed by atoms with E-state index in [1.165, 1.54) is 0 Å². The molecule has 0 saturated carbocycles. The highest BCUT2D eigenvalue weighted by Gasteiger charge is 2.36. The Labute approximate surface area is 147 Å². The molecule has 0 spiro atoms. The number of likely N-dealkylation sites (tertiary alicyclic amines) is 1. The first kappa shape index (κ1) is 17.2. The molecular weight excluding hydrogens is 316 g/mol. The van der Waals surface area contributed by atoms with Crippen LogP contribution in [0.15, 0.2) is 54.6 Å². The highest BCUT2D eigenvalue weighted by Crippen LogP contribution is 2.22. The maximum absolute atomic E-state index is 12.8. The largest absolute Gasteiger partial charge is 0.508 e. The van der Waals surface area contributed by atoms with E-state index in [1.807, 2.05) is 18.2 Å². The minimum atomic E-state index is -0.700. The van der Waals surface area contributed by atoms with Gasteiger partial charge in [0, 0.05) is 12.1 Å². The third-order valence-corrected chi connectivity index (χ3v) is 4.61. The number of hydrogen-bond donors (Lipinski definition) is 2. The Morgan fingerprint density at radius 3 is 2.48 bits per heavy atom. The zero-order chi connectivity index (χ0) is 17.8. The number of nitrogens with two attached hydrogens (primary N) is 1. The fourth-order valence-corrected chi connectivity index (χ4v) is 3.28. The molecule has 2 aromatic rings. The Morgan fingerprint density at radius 1 is 1.12 bits per heavy atom. The maximum Gasteiger partial charge on any atom is 0.240 e. The molecule has 5 nitrogen and oxygen atoms in total. The molecule has 2 atom stereocenters. The summed E-state index contributed by atoms with van der Waals surface area (Å²) in [6.07, 6.45) is 1.86. The van der Waals surface area contributed by atoms with Crippen LogP contribution in [0.3, 0.4) is 0 Å². The van der Waals surface area contributed by atoms with Gasteiger partial charge in [-0.2, -0.15) is 0 Å². The van der Waals surface area contributed by atoms with Crippen LogP contribution in [-0.4, -0.2) is 40.3 Å². The molecule has 2 aromatic carbocycles. The third kappa shape index (κ3) is 3.88. The summed E-state index contributed by atoms with van der Waals surface area (Å²) in [5, 5.41) is 9.33. The average molecular weight is 338 g/mol. The lowest BCUT2D eigenvalue weighted by Crippen LogP contribution is -2.49. The van der Waals surface area contributed by atoms with Crippen molar-refractivity contribution in [2.45, 2.75) is 31.3 Å². The van der Waals surface area contributed by atoms with Gasteiger partial charge in [0.1, 0.15) is 5.75 Å². The Kier molecular flexibility index (Phi) is 5.14. The summed E-state index contributed by atoms with van der Waals surface area (Å²) < 4.78 is 0. The van der Waals surface area contributed by atoms with Crippen LogP contribution in [0.5, 0.6) is 5.75 Å². The van der Waals surface area contributed by atoms with E-state index in [0.29, 0.717) is 24.9 Å². The van der Waals surface area contributed by atoms with Crippen LogP contribution in [0, 0.1) is 0 Å². The first-order valence-corrected chi connectivity index (χ1v) is 8.49. The van der Waals surface area contributed by atoms with Gasteiger partial charge in [-0.25, -0.2) is 0 Å². The number of carbonyl (C=O) groups excluding carboxylic acids is 2. The number of benzene rings is 2. The molecule has 0 aromatic heterocycles. The van der Waals surface area contributed by atoms with E-state index in [4.69, 9.17) is 5.73 Å². The van der Waals surface area contributed by atoms with Gasteiger partial charge in [-0.3, -0.25) is 9.59 Å². The molecular formula is C20H22N2O3. The number of phenolic OH excluding ortho intramolecular Hbond substituents is 1. The van der Waals surface area contributed by atoms with Crippen LogP contribution in [0.4, 0.5) is 0 Å². The molecule has 5 heteroatoms. The maximum atomic E-state index is 12.8. The fraction of sp³-hybridized carbons (Fsp3) is 0.300. The van der Waals surface area contributed by atoms with Crippen molar-refractivity contribution >= 4 is 11.7 Å². The number of amides is 1. The van der Waals surface area contributed by atoms with Crippen molar-refractivity contribution in [3.63, 3.8) is 0 Å². The van der Waals surface area contributed by atoms with Crippen LogP contribution < -0.4 is 5.73 Å². The van der Waals surface area contributed by atoms with E-state index in [0.717, 1.165) is 12.0 Å². The van der Waals surface area contributed by atoms with E-state index in [9.17, 15) is 14.7 Å². The first-order chi connectivity index (χ1) is 12.1. The van der Waals surface area contributed by atoms with Gasteiger partial charge in [0.15, 0.2) is 5.78 Å². The average Bonchev–Trinajstić information content (AvgIpc) is 3.12. The zero-order valence-electron chi connectivity index (χ0n) is 14.0. The lowest BCUT2D eigenvalue weighted by molar-refractivity contribution is -0.132. The molecule has 25 heavy (non-hydrogen) atoms. The SMILES string of the molecule is N[C@@H](Cc1ccc(O)cc1)C(=O)N1CCC[C@H]1C(=O)c1ccccc1. The normalized spacial score (nSPS) is 18.1. The molecule has 130 valence electrons. The summed E-state index contributed by atoms with van der Waals surface area (Å²) in [5.74, 6) is -0.0418. The predicted octanol–water partition coefficient (Wildman–Crippen LogP) is 2.14. The number of Topliss-reactive ketones (excluding diaryl/α,β-unsaturated/α-hetero) is 1. The number of carbonyl (C=O) groups is 2. The van der Waals surface area contributed by atoms with E-state index in [-0.39, 0.29) is 17.4 Å². The number of nitrogens with zero attached hydrogens (tertiary/aromatic N) is 1. The summed E-state index contributed by atoms with van der Waals surface area (Å²) in [6, 6.07) is 14.6. The van der Waals surface area contributed by atoms with Crippen molar-refractivity contribution in [2.75, 3.05) is 6.54 Å². The topological polar surface area (TPSA) is 83.6 Å². The van der Waals surface area contributed by atoms with Gasteiger partial charge in [-0.15, -0.1) is 0 Å². The summed E-state index contributed by atoms with van der Waals surface area (Å²) in [7, 11) is 0. The van der Waals surface area contributed by atoms with Crippen molar-refractivity contribution in [3.05, 3.63) is 65.7 Å². The van der Waals surface area contributed by atoms with Crippen LogP contribution in [0.1, 0.15) is 28.8 Å². The summed E-state index contributed by atoms with van der Waals surface area (Å²) >= 11 is 0. The van der Waals surface area contributed by atoms with Crippen molar-refractivity contribution < 1.29 is 14.7 Å². The molecule has 1 fully saturated rings. The molecule has 3 N–H and O–H groups in total. The minimum Gasteiger partial charge on any atom is -0.508 e. The molecule has 0 unspecified atom stereocenters. The van der Waals surface area contributed by atoms with Crippen molar-refractivity contribution in [3.8, 4) is 5.75 Å².